The fourth-order valence-electron chi connectivity index (χ4n) is 2.05. The number of hydrogen-bond donors (Lipinski definition) is 1. The summed E-state index contributed by atoms with van der Waals surface area (Å²) in [5.74, 6) is 1.61. The van der Waals surface area contributed by atoms with Crippen molar-refractivity contribution in [3.05, 3.63) is 27.7 Å². The Labute approximate surface area is 133 Å². The van der Waals surface area contributed by atoms with Gasteiger partial charge in [-0.05, 0) is 24.7 Å². The Morgan fingerprint density at radius 3 is 2.55 bits per heavy atom. The third kappa shape index (κ3) is 3.43. The van der Waals surface area contributed by atoms with E-state index in [1.807, 2.05) is 0 Å². The first-order valence-electron chi connectivity index (χ1n) is 6.17. The number of halogens is 2. The Bertz CT molecular complexity index is 587. The molecule has 0 atom stereocenters. The molecule has 112 valence electrons. The molecule has 1 aromatic carbocycles. The minimum atomic E-state index is -3.58. The third-order valence-electron chi connectivity index (χ3n) is 3.03. The summed E-state index contributed by atoms with van der Waals surface area (Å²) < 4.78 is 26.8. The van der Waals surface area contributed by atoms with E-state index >= 15 is 0 Å². The molecule has 0 unspecified atom stereocenters. The van der Waals surface area contributed by atoms with Gasteiger partial charge in [0.2, 0.25) is 10.0 Å². The van der Waals surface area contributed by atoms with Crippen molar-refractivity contribution in [3.8, 4) is 0 Å². The molecule has 0 aliphatic carbocycles. The molecule has 2 rings (SSSR count). The van der Waals surface area contributed by atoms with E-state index in [0.29, 0.717) is 30.2 Å². The standard InChI is InChI=1S/C12H16Cl2N2O2S2/c1-15-8-9-6-10(13)7-11(12(9)14)20(17,18)16-2-4-19-5-3-16/h6-7,15H,2-5,8H2,1H3. The van der Waals surface area contributed by atoms with Crippen molar-refractivity contribution in [1.29, 1.82) is 0 Å². The van der Waals surface area contributed by atoms with E-state index < -0.39 is 10.0 Å². The maximum absolute atomic E-state index is 12.7. The van der Waals surface area contributed by atoms with Crippen LogP contribution in [0.5, 0.6) is 0 Å². The smallest absolute Gasteiger partial charge is 0.244 e. The molecule has 1 heterocycles. The summed E-state index contributed by atoms with van der Waals surface area (Å²) in [6.45, 7) is 1.49. The van der Waals surface area contributed by atoms with Crippen LogP contribution in [0.3, 0.4) is 0 Å². The molecule has 1 fully saturated rings. The van der Waals surface area contributed by atoms with Gasteiger partial charge < -0.3 is 5.32 Å². The zero-order valence-electron chi connectivity index (χ0n) is 11.0. The summed E-state index contributed by atoms with van der Waals surface area (Å²) in [5.41, 5.74) is 0.687. The van der Waals surface area contributed by atoms with Gasteiger partial charge in [0.1, 0.15) is 4.90 Å². The number of benzene rings is 1. The number of nitrogens with zero attached hydrogens (tertiary/aromatic N) is 1. The van der Waals surface area contributed by atoms with Gasteiger partial charge in [0.15, 0.2) is 0 Å². The average molecular weight is 355 g/mol. The molecule has 1 N–H and O–H groups in total. The number of nitrogens with one attached hydrogen (secondary N) is 1. The molecule has 0 bridgehead atoms. The van der Waals surface area contributed by atoms with Crippen LogP contribution in [0.25, 0.3) is 0 Å². The minimum Gasteiger partial charge on any atom is -0.316 e. The van der Waals surface area contributed by atoms with Gasteiger partial charge >= 0.3 is 0 Å². The molecule has 0 saturated carbocycles. The molecule has 8 heteroatoms. The predicted molar refractivity (Wildman–Crippen MR) is 85.3 cm³/mol. The Balaban J connectivity index is 2.45. The van der Waals surface area contributed by atoms with Crippen LogP contribution in [0.2, 0.25) is 10.0 Å². The van der Waals surface area contributed by atoms with Gasteiger partial charge in [-0.15, -0.1) is 0 Å². The fraction of sp³-hybridized carbons (Fsp3) is 0.500. The molecule has 1 aromatic rings. The molecule has 4 nitrogen and oxygen atoms in total. The Hall–Kier alpha value is 0.0200. The first-order chi connectivity index (χ1) is 9.46. The van der Waals surface area contributed by atoms with Crippen LogP contribution in [0.4, 0.5) is 0 Å². The van der Waals surface area contributed by atoms with Crippen molar-refractivity contribution >= 4 is 45.0 Å². The molecular formula is C12H16Cl2N2O2S2. The molecule has 0 amide bonds. The van der Waals surface area contributed by atoms with E-state index in [0.717, 1.165) is 11.5 Å². The Morgan fingerprint density at radius 1 is 1.30 bits per heavy atom. The van der Waals surface area contributed by atoms with Gasteiger partial charge in [-0.25, -0.2) is 8.42 Å². The summed E-state index contributed by atoms with van der Waals surface area (Å²) in [5, 5.41) is 3.59. The first-order valence-corrected chi connectivity index (χ1v) is 9.52. The van der Waals surface area contributed by atoms with Gasteiger partial charge in [-0.3, -0.25) is 0 Å². The predicted octanol–water partition coefficient (Wildman–Crippen LogP) is 2.45. The van der Waals surface area contributed by atoms with Crippen LogP contribution in [0.15, 0.2) is 17.0 Å². The molecule has 1 aliphatic rings. The van der Waals surface area contributed by atoms with Crippen LogP contribution in [0.1, 0.15) is 5.56 Å². The van der Waals surface area contributed by atoms with Crippen molar-refractivity contribution in [1.82, 2.24) is 9.62 Å². The molecule has 1 saturated heterocycles. The summed E-state index contributed by atoms with van der Waals surface area (Å²) in [6, 6.07) is 3.12. The highest BCUT2D eigenvalue weighted by molar-refractivity contribution is 7.99. The van der Waals surface area contributed by atoms with Gasteiger partial charge in [-0.2, -0.15) is 16.1 Å². The van der Waals surface area contributed by atoms with E-state index in [1.165, 1.54) is 10.4 Å². The monoisotopic (exact) mass is 354 g/mol. The van der Waals surface area contributed by atoms with Gasteiger partial charge in [0.05, 0.1) is 5.02 Å². The lowest BCUT2D eigenvalue weighted by atomic mass is 10.2. The third-order valence-corrected chi connectivity index (χ3v) is 6.68. The summed E-state index contributed by atoms with van der Waals surface area (Å²) in [6.07, 6.45) is 0. The summed E-state index contributed by atoms with van der Waals surface area (Å²) in [7, 11) is -1.81. The zero-order valence-corrected chi connectivity index (χ0v) is 14.2. The number of hydrogen-bond acceptors (Lipinski definition) is 4. The minimum absolute atomic E-state index is 0.101. The lowest BCUT2D eigenvalue weighted by molar-refractivity contribution is 0.443. The highest BCUT2D eigenvalue weighted by atomic mass is 35.5. The van der Waals surface area contributed by atoms with E-state index in [1.54, 1.807) is 24.9 Å². The summed E-state index contributed by atoms with van der Waals surface area (Å²) in [4.78, 5) is 0.101. The number of sulfonamides is 1. The van der Waals surface area contributed by atoms with Crippen LogP contribution < -0.4 is 5.32 Å². The first kappa shape index (κ1) is 16.4. The molecule has 0 aromatic heterocycles. The molecule has 0 spiro atoms. The van der Waals surface area contributed by atoms with Gasteiger partial charge in [-0.1, -0.05) is 23.2 Å². The second kappa shape index (κ2) is 6.85. The van der Waals surface area contributed by atoms with Crippen LogP contribution >= 0.6 is 35.0 Å². The maximum atomic E-state index is 12.7. The van der Waals surface area contributed by atoms with Crippen LogP contribution in [0, 0.1) is 0 Å². The lowest BCUT2D eigenvalue weighted by Crippen LogP contribution is -2.38. The molecule has 0 radical (unpaired) electrons. The quantitative estimate of drug-likeness (QED) is 0.902. The molecule has 20 heavy (non-hydrogen) atoms. The summed E-state index contributed by atoms with van der Waals surface area (Å²) >= 11 is 14.0. The van der Waals surface area contributed by atoms with Crippen LogP contribution in [-0.2, 0) is 16.6 Å². The Kier molecular flexibility index (Phi) is 5.62. The van der Waals surface area contributed by atoms with Crippen molar-refractivity contribution in [2.45, 2.75) is 11.4 Å². The van der Waals surface area contributed by atoms with Crippen molar-refractivity contribution in [2.75, 3.05) is 31.6 Å². The fourth-order valence-corrected chi connectivity index (χ4v) is 5.53. The lowest BCUT2D eigenvalue weighted by Gasteiger charge is -2.26. The van der Waals surface area contributed by atoms with Crippen molar-refractivity contribution in [3.63, 3.8) is 0 Å². The zero-order chi connectivity index (χ0) is 14.8. The Morgan fingerprint density at radius 2 is 1.95 bits per heavy atom. The van der Waals surface area contributed by atoms with Gasteiger partial charge in [0, 0.05) is 36.2 Å². The van der Waals surface area contributed by atoms with Crippen LogP contribution in [-0.4, -0.2) is 44.4 Å². The van der Waals surface area contributed by atoms with Crippen molar-refractivity contribution in [2.24, 2.45) is 0 Å². The second-order valence-corrected chi connectivity index (χ2v) is 8.37. The molecular weight excluding hydrogens is 339 g/mol. The SMILES string of the molecule is CNCc1cc(Cl)cc(S(=O)(=O)N2CCSCC2)c1Cl. The highest BCUT2D eigenvalue weighted by Gasteiger charge is 2.29. The molecule has 1 aliphatic heterocycles. The van der Waals surface area contributed by atoms with E-state index in [2.05, 4.69) is 5.32 Å². The topological polar surface area (TPSA) is 49.4 Å². The van der Waals surface area contributed by atoms with E-state index in [9.17, 15) is 8.42 Å². The van der Waals surface area contributed by atoms with Crippen molar-refractivity contribution < 1.29 is 8.42 Å². The van der Waals surface area contributed by atoms with E-state index in [-0.39, 0.29) is 9.92 Å². The average Bonchev–Trinajstić information content (AvgIpc) is 2.43. The second-order valence-electron chi connectivity index (χ2n) is 4.42. The van der Waals surface area contributed by atoms with Gasteiger partial charge in [0.25, 0.3) is 0 Å². The largest absolute Gasteiger partial charge is 0.316 e. The number of thioether (sulfide) groups is 1. The number of rotatable bonds is 4. The normalized spacial score (nSPS) is 17.4. The van der Waals surface area contributed by atoms with E-state index in [4.69, 9.17) is 23.2 Å². The maximum Gasteiger partial charge on any atom is 0.244 e. The highest BCUT2D eigenvalue weighted by Crippen LogP contribution is 2.32.